The van der Waals surface area contributed by atoms with Crippen LogP contribution in [0.15, 0.2) is 95.5 Å². The molecule has 0 aliphatic carbocycles. The third kappa shape index (κ3) is 26.6. The van der Waals surface area contributed by atoms with E-state index >= 15 is 0 Å². The zero-order chi connectivity index (χ0) is 86.5. The van der Waals surface area contributed by atoms with E-state index < -0.39 is 5.41 Å². The van der Waals surface area contributed by atoms with Crippen LogP contribution in [-0.4, -0.2) is 191 Å². The summed E-state index contributed by atoms with van der Waals surface area (Å²) in [5.41, 5.74) is 15.2. The van der Waals surface area contributed by atoms with Crippen molar-refractivity contribution in [3.05, 3.63) is 173 Å². The molecule has 0 unspecified atom stereocenters. The molecule has 9 saturated heterocycles. The first-order valence-electron chi connectivity index (χ1n) is 42.9. The topological polar surface area (TPSA) is 228 Å². The van der Waals surface area contributed by atoms with Crippen LogP contribution in [0.5, 0.6) is 0 Å². The molecule has 119 heavy (non-hydrogen) atoms. The van der Waals surface area contributed by atoms with Crippen LogP contribution >= 0.6 is 15.9 Å². The van der Waals surface area contributed by atoms with Crippen LogP contribution in [0.2, 0.25) is 0 Å². The van der Waals surface area contributed by atoms with E-state index in [2.05, 4.69) is 197 Å². The number of carbonyl (C=O) groups excluding carboxylic acids is 3. The molecule has 0 atom stereocenters. The number of esters is 2. The third-order valence-electron chi connectivity index (χ3n) is 24.3. The van der Waals surface area contributed by atoms with Gasteiger partial charge in [0.15, 0.2) is 25.2 Å². The van der Waals surface area contributed by atoms with Crippen LogP contribution in [-0.2, 0) is 139 Å². The summed E-state index contributed by atoms with van der Waals surface area (Å²) < 4.78 is 94.6. The molecule has 9 aliphatic rings. The standard InChI is InChI=1S/C20H28O5.C20H30O4.C19H28O4.C18H26O3.C13H17BrO2.C7H12O3/c1-19(2,3)15-11-14(17-24-9-10-25-17)12-16(13-15)20(18(21)22-4)5-7-23-8-6-20;1-19(2,3)16-11-15(18-23-9-10-24-18)12-17(13-16)20(14-21-4)5-7-22-8-6-20;1-18(2,3)15-10-14(17-22-8-9-23-17)11-16(12-15)19(13-20)4-6-21-7-5-19;1-17(2,3)15-9-14(12-19)10-16(11-15)18(13-20-4)5-7-21-8-6-18;1-13(2,3)10-6-9(7-11(14)8-10)12-15-4-5-16-12;1-9-7(8)6-2-4-10-5-3-6/h11-13,17H,5-10H2,1-4H3;11-13,18H,5-10,14H2,1-4H3;10-12,17,20H,4-9,13H2,1-3H3;9-12H,5-8,13H2,1-4H3;6-8,12H,4-5H2,1-3H3;6H,2-5H2,1H3. The van der Waals surface area contributed by atoms with E-state index in [1.807, 2.05) is 18.2 Å². The van der Waals surface area contributed by atoms with Crippen LogP contribution < -0.4 is 0 Å². The van der Waals surface area contributed by atoms with Gasteiger partial charge < -0.3 is 85.6 Å². The van der Waals surface area contributed by atoms with Gasteiger partial charge in [-0.2, -0.15) is 0 Å². The minimum Gasteiger partial charge on any atom is -0.469 e. The molecule has 5 aromatic rings. The lowest BCUT2D eigenvalue weighted by atomic mass is 9.72. The van der Waals surface area contributed by atoms with Gasteiger partial charge >= 0.3 is 11.9 Å². The van der Waals surface area contributed by atoms with Gasteiger partial charge in [-0.3, -0.25) is 14.4 Å². The Kier molecular flexibility index (Phi) is 35.9. The van der Waals surface area contributed by atoms with Gasteiger partial charge in [0.05, 0.1) is 98.2 Å². The number of hydrogen-bond acceptors (Lipinski definition) is 21. The fraction of sp³-hybridized carbons (Fsp3) is 0.660. The van der Waals surface area contributed by atoms with E-state index in [9.17, 15) is 19.5 Å². The third-order valence-corrected chi connectivity index (χ3v) is 24.8. The number of aliphatic hydroxyl groups is 1. The largest absolute Gasteiger partial charge is 0.469 e. The molecule has 0 radical (unpaired) electrons. The summed E-state index contributed by atoms with van der Waals surface area (Å²) in [6, 6.07) is 32.4. The summed E-state index contributed by atoms with van der Waals surface area (Å²) in [4.78, 5) is 35.0. The van der Waals surface area contributed by atoms with Gasteiger partial charge in [-0.15, -0.1) is 0 Å². The summed E-state index contributed by atoms with van der Waals surface area (Å²) in [6.07, 6.45) is 8.27. The van der Waals surface area contributed by atoms with E-state index in [1.165, 1.54) is 53.2 Å². The number of methoxy groups -OCH3 is 4. The number of aliphatic hydroxyl groups excluding tert-OH is 1. The highest BCUT2D eigenvalue weighted by atomic mass is 79.9. The molecule has 21 nitrogen and oxygen atoms in total. The van der Waals surface area contributed by atoms with E-state index in [-0.39, 0.29) is 92.9 Å². The first-order valence-corrected chi connectivity index (χ1v) is 43.7. The Labute approximate surface area is 718 Å². The van der Waals surface area contributed by atoms with E-state index in [1.54, 1.807) is 14.2 Å². The number of hydrogen-bond donors (Lipinski definition) is 1. The summed E-state index contributed by atoms with van der Waals surface area (Å²) in [5.74, 6) is -0.205. The number of benzene rings is 5. The number of carbonyl (C=O) groups is 3. The maximum absolute atomic E-state index is 12.7. The molecule has 22 heteroatoms. The lowest BCUT2D eigenvalue weighted by Crippen LogP contribution is -2.42. The second kappa shape index (κ2) is 43.9. The molecule has 5 aromatic carbocycles. The second-order valence-corrected chi connectivity index (χ2v) is 39.0. The smallest absolute Gasteiger partial charge is 0.316 e. The molecule has 9 aliphatic heterocycles. The zero-order valence-electron chi connectivity index (χ0n) is 75.0. The van der Waals surface area contributed by atoms with Gasteiger partial charge in [-0.1, -0.05) is 180 Å². The van der Waals surface area contributed by atoms with Crippen molar-refractivity contribution >= 4 is 34.2 Å². The first kappa shape index (κ1) is 97.4. The Morgan fingerprint density at radius 2 is 0.664 bits per heavy atom. The van der Waals surface area contributed by atoms with Crippen LogP contribution in [0.3, 0.4) is 0 Å². The SMILES string of the molecule is CC(C)(C)c1cc(Br)cc(C2OCCO2)c1.CC(C)(C)c1cc(C2OCCO2)cc(C2(CO)CCOCC2)c1.COC(=O)C1(c2cc(C3OCCO3)cc(C(C)(C)C)c2)CCOCC1.COC(=O)C1CCOCC1.COCC1(c2cc(C3OCCO3)cc(C(C)(C)C)c2)CCOCC1.COCC1(c2cc(C=O)cc(C(C)(C)C)c2)CCOCC1. The van der Waals surface area contributed by atoms with Crippen molar-refractivity contribution in [2.75, 3.05) is 167 Å². The molecule has 9 heterocycles. The number of aldehydes is 1. The highest BCUT2D eigenvalue weighted by Crippen LogP contribution is 2.46. The molecule has 0 aromatic heterocycles. The van der Waals surface area contributed by atoms with Gasteiger partial charge in [-0.25, -0.2) is 0 Å². The van der Waals surface area contributed by atoms with Crippen molar-refractivity contribution in [1.82, 2.24) is 0 Å². The van der Waals surface area contributed by atoms with Gasteiger partial charge in [0, 0.05) is 129 Å². The predicted octanol–water partition coefficient (Wildman–Crippen LogP) is 17.9. The highest BCUT2D eigenvalue weighted by molar-refractivity contribution is 9.10. The lowest BCUT2D eigenvalue weighted by Gasteiger charge is -2.38. The predicted molar refractivity (Wildman–Crippen MR) is 463 cm³/mol. The quantitative estimate of drug-likeness (QED) is 0.0715. The van der Waals surface area contributed by atoms with Crippen LogP contribution in [0.4, 0.5) is 0 Å². The van der Waals surface area contributed by atoms with Crippen molar-refractivity contribution in [3.63, 3.8) is 0 Å². The van der Waals surface area contributed by atoms with Crippen molar-refractivity contribution in [2.45, 2.75) is 242 Å². The van der Waals surface area contributed by atoms with Crippen molar-refractivity contribution in [3.8, 4) is 0 Å². The molecule has 0 amide bonds. The van der Waals surface area contributed by atoms with Crippen LogP contribution in [0.25, 0.3) is 0 Å². The maximum Gasteiger partial charge on any atom is 0.316 e. The Hall–Kier alpha value is -5.45. The zero-order valence-corrected chi connectivity index (χ0v) is 76.6. The Balaban J connectivity index is 0.000000165. The molecular weight excluding hydrogens is 1580 g/mol. The Morgan fingerprint density at radius 1 is 0.370 bits per heavy atom. The van der Waals surface area contributed by atoms with Crippen molar-refractivity contribution < 1.29 is 100 Å². The monoisotopic (exact) mass is 1720 g/mol. The van der Waals surface area contributed by atoms with Crippen LogP contribution in [0.1, 0.15) is 276 Å². The number of rotatable bonds is 16. The van der Waals surface area contributed by atoms with Crippen LogP contribution in [0, 0.1) is 5.92 Å². The molecular formula is C97H141BrO21. The molecule has 0 spiro atoms. The number of ether oxygens (including phenoxy) is 17. The first-order chi connectivity index (χ1) is 56.5. The summed E-state index contributed by atoms with van der Waals surface area (Å²) in [7, 11) is 6.41. The average molecular weight is 1720 g/mol. The summed E-state index contributed by atoms with van der Waals surface area (Å²) >= 11 is 3.54. The van der Waals surface area contributed by atoms with Gasteiger partial charge in [0.25, 0.3) is 0 Å². The molecule has 1 N–H and O–H groups in total. The molecule has 662 valence electrons. The highest BCUT2D eigenvalue weighted by Gasteiger charge is 2.45. The molecule has 0 bridgehead atoms. The van der Waals surface area contributed by atoms with Crippen molar-refractivity contribution in [2.24, 2.45) is 5.92 Å². The fourth-order valence-corrected chi connectivity index (χ4v) is 16.9. The lowest BCUT2D eigenvalue weighted by molar-refractivity contribution is -0.151. The molecule has 9 fully saturated rings. The Bertz CT molecular complexity index is 3960. The minimum absolute atomic E-state index is 0.0155. The van der Waals surface area contributed by atoms with Gasteiger partial charge in [0.2, 0.25) is 0 Å². The summed E-state index contributed by atoms with van der Waals surface area (Å²) in [5, 5.41) is 10.1. The Morgan fingerprint density at radius 3 is 0.992 bits per heavy atom. The normalized spacial score (nSPS) is 20.6. The van der Waals surface area contributed by atoms with E-state index in [4.69, 9.17) is 75.8 Å². The van der Waals surface area contributed by atoms with Gasteiger partial charge in [-0.05, 0) is 172 Å². The fourth-order valence-electron chi connectivity index (χ4n) is 16.4. The molecule has 0 saturated carbocycles. The molecule has 14 rings (SSSR count). The van der Waals surface area contributed by atoms with Crippen molar-refractivity contribution in [1.29, 1.82) is 0 Å². The van der Waals surface area contributed by atoms with E-state index in [0.717, 1.165) is 134 Å². The minimum atomic E-state index is -0.665. The summed E-state index contributed by atoms with van der Waals surface area (Å²) in [6.45, 7) is 46.7. The second-order valence-electron chi connectivity index (χ2n) is 38.1. The average Bonchev–Trinajstić information content (AvgIpc) is 1.30. The number of halogens is 1. The maximum atomic E-state index is 12.7. The van der Waals surface area contributed by atoms with E-state index in [0.29, 0.717) is 112 Å². The van der Waals surface area contributed by atoms with Gasteiger partial charge in [0.1, 0.15) is 6.29 Å².